The van der Waals surface area contributed by atoms with Crippen LogP contribution in [0.15, 0.2) is 60.9 Å². The van der Waals surface area contributed by atoms with E-state index in [4.69, 9.17) is 16.3 Å². The molecule has 0 unspecified atom stereocenters. The van der Waals surface area contributed by atoms with Crippen molar-refractivity contribution in [3.63, 3.8) is 0 Å². The van der Waals surface area contributed by atoms with Crippen LogP contribution in [0.1, 0.15) is 15.9 Å². The monoisotopic (exact) mass is 411 g/mol. The molecule has 0 radical (unpaired) electrons. The molecule has 0 aliphatic rings. The first kappa shape index (κ1) is 20.5. The minimum Gasteiger partial charge on any atom is -0.496 e. The maximum Gasteiger partial charge on any atom is 0.259 e. The minimum absolute atomic E-state index is 0.0175. The number of ether oxygens (including phenoxy) is 1. The molecule has 0 aliphatic heterocycles. The number of rotatable bonds is 6. The van der Waals surface area contributed by atoms with Gasteiger partial charge in [0.1, 0.15) is 5.75 Å². The molecule has 0 spiro atoms. The summed E-state index contributed by atoms with van der Waals surface area (Å²) in [6, 6.07) is 14.3. The summed E-state index contributed by atoms with van der Waals surface area (Å²) in [7, 11) is 4.95. The predicted molar refractivity (Wildman–Crippen MR) is 114 cm³/mol. The fourth-order valence-electron chi connectivity index (χ4n) is 2.82. The largest absolute Gasteiger partial charge is 0.496 e. The van der Waals surface area contributed by atoms with Gasteiger partial charge in [0.25, 0.3) is 5.91 Å². The van der Waals surface area contributed by atoms with Crippen LogP contribution in [0.25, 0.3) is 5.69 Å². The van der Waals surface area contributed by atoms with Crippen molar-refractivity contribution in [2.75, 3.05) is 26.5 Å². The number of amides is 2. The van der Waals surface area contributed by atoms with Gasteiger partial charge < -0.3 is 19.5 Å². The van der Waals surface area contributed by atoms with Crippen LogP contribution in [0.4, 0.5) is 5.69 Å². The van der Waals surface area contributed by atoms with Crippen molar-refractivity contribution < 1.29 is 14.3 Å². The van der Waals surface area contributed by atoms with Crippen LogP contribution in [0.5, 0.6) is 5.75 Å². The van der Waals surface area contributed by atoms with Gasteiger partial charge in [0.05, 0.1) is 29.8 Å². The second-order valence-electron chi connectivity index (χ2n) is 6.71. The lowest BCUT2D eigenvalue weighted by Gasteiger charge is -2.14. The number of hydrogen-bond acceptors (Lipinski definition) is 3. The number of anilines is 1. The minimum atomic E-state index is -0.333. The van der Waals surface area contributed by atoms with Crippen LogP contribution in [0.2, 0.25) is 5.02 Å². The van der Waals surface area contributed by atoms with E-state index in [0.29, 0.717) is 28.4 Å². The van der Waals surface area contributed by atoms with Gasteiger partial charge in [0.15, 0.2) is 0 Å². The number of carbonyl (C=O) groups is 2. The molecule has 2 aromatic carbocycles. The van der Waals surface area contributed by atoms with Gasteiger partial charge in [0.2, 0.25) is 5.91 Å². The molecule has 1 aromatic heterocycles. The lowest BCUT2D eigenvalue weighted by Crippen LogP contribution is -2.23. The van der Waals surface area contributed by atoms with E-state index in [1.807, 2.05) is 41.2 Å². The Morgan fingerprint density at radius 1 is 1.10 bits per heavy atom. The van der Waals surface area contributed by atoms with Gasteiger partial charge in [-0.15, -0.1) is 0 Å². The summed E-state index contributed by atoms with van der Waals surface area (Å²) in [6.07, 6.45) is 4.04. The van der Waals surface area contributed by atoms with E-state index < -0.39 is 0 Å². The Bertz CT molecular complexity index is 1010. The van der Waals surface area contributed by atoms with E-state index in [-0.39, 0.29) is 11.8 Å². The third-order valence-corrected chi connectivity index (χ3v) is 4.76. The highest BCUT2D eigenvalue weighted by Crippen LogP contribution is 2.30. The zero-order chi connectivity index (χ0) is 21.0. The quantitative estimate of drug-likeness (QED) is 0.666. The number of aromatic nitrogens is 1. The first-order valence-corrected chi connectivity index (χ1v) is 9.38. The molecule has 2 amide bonds. The summed E-state index contributed by atoms with van der Waals surface area (Å²) in [5, 5.41) is 3.27. The van der Waals surface area contributed by atoms with Gasteiger partial charge in [-0.2, -0.15) is 0 Å². The molecule has 0 fully saturated rings. The third kappa shape index (κ3) is 4.78. The fourth-order valence-corrected chi connectivity index (χ4v) is 3.08. The molecular formula is C22H22ClN3O3. The van der Waals surface area contributed by atoms with Crippen LogP contribution in [0.3, 0.4) is 0 Å². The maximum atomic E-state index is 12.8. The second kappa shape index (κ2) is 8.84. The molecular weight excluding hydrogens is 390 g/mol. The summed E-state index contributed by atoms with van der Waals surface area (Å²) in [5.74, 6) is 0.104. The summed E-state index contributed by atoms with van der Waals surface area (Å²) in [5.41, 5.74) is 2.54. The highest BCUT2D eigenvalue weighted by molar-refractivity contribution is 6.33. The highest BCUT2D eigenvalue weighted by atomic mass is 35.5. The Morgan fingerprint density at radius 2 is 1.76 bits per heavy atom. The Labute approximate surface area is 174 Å². The Morgan fingerprint density at radius 3 is 2.34 bits per heavy atom. The van der Waals surface area contributed by atoms with Crippen molar-refractivity contribution in [2.24, 2.45) is 0 Å². The molecule has 150 valence electrons. The van der Waals surface area contributed by atoms with Crippen LogP contribution in [0, 0.1) is 0 Å². The van der Waals surface area contributed by atoms with Crippen molar-refractivity contribution >= 4 is 29.1 Å². The number of benzene rings is 2. The first-order valence-electron chi connectivity index (χ1n) is 9.00. The standard InChI is InChI=1S/C22H22ClN3O3/c1-25(2)21(27)12-15-6-8-16(9-7-15)24-22(28)17-13-18(23)19(14-20(17)29-3)26-10-4-5-11-26/h4-11,13-14H,12H2,1-3H3,(H,24,28). The van der Waals surface area contributed by atoms with Crippen molar-refractivity contribution in [1.29, 1.82) is 0 Å². The smallest absolute Gasteiger partial charge is 0.259 e. The van der Waals surface area contributed by atoms with Crippen molar-refractivity contribution in [3.05, 3.63) is 77.1 Å². The number of likely N-dealkylation sites (N-methyl/N-ethyl adjacent to an activating group) is 1. The molecule has 29 heavy (non-hydrogen) atoms. The molecule has 0 saturated heterocycles. The SMILES string of the molecule is COc1cc(-n2cccc2)c(Cl)cc1C(=O)Nc1ccc(CC(=O)N(C)C)cc1. The van der Waals surface area contributed by atoms with Crippen molar-refractivity contribution in [3.8, 4) is 11.4 Å². The van der Waals surface area contributed by atoms with E-state index in [0.717, 1.165) is 11.3 Å². The Balaban J connectivity index is 1.78. The van der Waals surface area contributed by atoms with Gasteiger partial charge in [-0.3, -0.25) is 9.59 Å². The molecule has 3 aromatic rings. The fraction of sp³-hybridized carbons (Fsp3) is 0.182. The zero-order valence-electron chi connectivity index (χ0n) is 16.5. The van der Waals surface area contributed by atoms with Crippen LogP contribution in [-0.4, -0.2) is 42.5 Å². The molecule has 0 aliphatic carbocycles. The van der Waals surface area contributed by atoms with E-state index in [1.54, 1.807) is 43.3 Å². The molecule has 0 bridgehead atoms. The number of methoxy groups -OCH3 is 1. The maximum absolute atomic E-state index is 12.8. The number of hydrogen-bond donors (Lipinski definition) is 1. The first-order chi connectivity index (χ1) is 13.9. The van der Waals surface area contributed by atoms with E-state index in [1.165, 1.54) is 7.11 Å². The highest BCUT2D eigenvalue weighted by Gasteiger charge is 2.17. The van der Waals surface area contributed by atoms with E-state index >= 15 is 0 Å². The topological polar surface area (TPSA) is 63.6 Å². The van der Waals surface area contributed by atoms with Gasteiger partial charge >= 0.3 is 0 Å². The summed E-state index contributed by atoms with van der Waals surface area (Å²) >= 11 is 6.40. The summed E-state index contributed by atoms with van der Waals surface area (Å²) < 4.78 is 7.26. The molecule has 0 atom stereocenters. The summed E-state index contributed by atoms with van der Waals surface area (Å²) in [6.45, 7) is 0. The lowest BCUT2D eigenvalue weighted by atomic mass is 10.1. The van der Waals surface area contributed by atoms with Crippen LogP contribution < -0.4 is 10.1 Å². The van der Waals surface area contributed by atoms with Crippen LogP contribution in [-0.2, 0) is 11.2 Å². The van der Waals surface area contributed by atoms with Gasteiger partial charge in [0, 0.05) is 38.2 Å². The number of carbonyl (C=O) groups excluding carboxylic acids is 2. The normalized spacial score (nSPS) is 10.5. The van der Waals surface area contributed by atoms with Crippen molar-refractivity contribution in [1.82, 2.24) is 9.47 Å². The predicted octanol–water partition coefficient (Wildman–Crippen LogP) is 4.02. The number of halogens is 1. The molecule has 6 nitrogen and oxygen atoms in total. The zero-order valence-corrected chi connectivity index (χ0v) is 17.2. The Hall–Kier alpha value is -3.25. The molecule has 7 heteroatoms. The van der Waals surface area contributed by atoms with Gasteiger partial charge in [-0.05, 0) is 35.9 Å². The summed E-state index contributed by atoms with van der Waals surface area (Å²) in [4.78, 5) is 26.1. The molecule has 3 rings (SSSR count). The van der Waals surface area contributed by atoms with E-state index in [2.05, 4.69) is 5.32 Å². The van der Waals surface area contributed by atoms with Crippen LogP contribution >= 0.6 is 11.6 Å². The Kier molecular flexibility index (Phi) is 6.24. The second-order valence-corrected chi connectivity index (χ2v) is 7.12. The lowest BCUT2D eigenvalue weighted by molar-refractivity contribution is -0.127. The molecule has 1 N–H and O–H groups in total. The number of nitrogens with zero attached hydrogens (tertiary/aromatic N) is 2. The number of nitrogens with one attached hydrogen (secondary N) is 1. The average Bonchev–Trinajstić information content (AvgIpc) is 3.23. The van der Waals surface area contributed by atoms with Crippen molar-refractivity contribution in [2.45, 2.75) is 6.42 Å². The molecule has 1 heterocycles. The van der Waals surface area contributed by atoms with Gasteiger partial charge in [-0.25, -0.2) is 0 Å². The average molecular weight is 412 g/mol. The van der Waals surface area contributed by atoms with Gasteiger partial charge in [-0.1, -0.05) is 23.7 Å². The third-order valence-electron chi connectivity index (χ3n) is 4.46. The van der Waals surface area contributed by atoms with E-state index in [9.17, 15) is 9.59 Å². The molecule has 0 saturated carbocycles.